The van der Waals surface area contributed by atoms with Crippen LogP contribution >= 0.6 is 0 Å². The van der Waals surface area contributed by atoms with Crippen LogP contribution in [0.15, 0.2) is 24.3 Å². The molecule has 1 fully saturated rings. The lowest BCUT2D eigenvalue weighted by Gasteiger charge is -2.30. The first-order valence-electron chi connectivity index (χ1n) is 6.74. The fourth-order valence-electron chi connectivity index (χ4n) is 2.17. The summed E-state index contributed by atoms with van der Waals surface area (Å²) in [4.78, 5) is 0. The van der Waals surface area contributed by atoms with E-state index in [4.69, 9.17) is 14.2 Å². The van der Waals surface area contributed by atoms with Crippen molar-refractivity contribution in [2.75, 3.05) is 13.7 Å². The SMILES string of the molecule is CCCCC1CCOC(c2ccc(OC)cc2)O1. The molecular weight excluding hydrogens is 228 g/mol. The average Bonchev–Trinajstić information content (AvgIpc) is 2.45. The highest BCUT2D eigenvalue weighted by Gasteiger charge is 2.23. The molecule has 0 aromatic heterocycles. The third-order valence-corrected chi connectivity index (χ3v) is 3.29. The number of methoxy groups -OCH3 is 1. The van der Waals surface area contributed by atoms with Gasteiger partial charge in [-0.15, -0.1) is 0 Å². The molecule has 2 unspecified atom stereocenters. The molecule has 1 heterocycles. The predicted molar refractivity (Wildman–Crippen MR) is 70.7 cm³/mol. The molecule has 0 bridgehead atoms. The Morgan fingerprint density at radius 1 is 1.28 bits per heavy atom. The van der Waals surface area contributed by atoms with Crippen molar-refractivity contribution in [3.8, 4) is 5.75 Å². The summed E-state index contributed by atoms with van der Waals surface area (Å²) >= 11 is 0. The first-order chi connectivity index (χ1) is 8.83. The van der Waals surface area contributed by atoms with Gasteiger partial charge in [0.1, 0.15) is 5.75 Å². The lowest BCUT2D eigenvalue weighted by molar-refractivity contribution is -0.218. The Balaban J connectivity index is 1.94. The number of hydrogen-bond donors (Lipinski definition) is 0. The minimum absolute atomic E-state index is 0.216. The van der Waals surface area contributed by atoms with Gasteiger partial charge in [-0.1, -0.05) is 31.9 Å². The first-order valence-corrected chi connectivity index (χ1v) is 6.74. The van der Waals surface area contributed by atoms with Gasteiger partial charge < -0.3 is 14.2 Å². The Hall–Kier alpha value is -1.06. The highest BCUT2D eigenvalue weighted by atomic mass is 16.7. The van der Waals surface area contributed by atoms with E-state index in [2.05, 4.69) is 6.92 Å². The van der Waals surface area contributed by atoms with Crippen molar-refractivity contribution in [3.05, 3.63) is 29.8 Å². The molecule has 1 saturated heterocycles. The maximum absolute atomic E-state index is 5.99. The molecule has 18 heavy (non-hydrogen) atoms. The maximum atomic E-state index is 5.99. The molecule has 1 aromatic carbocycles. The lowest BCUT2D eigenvalue weighted by Crippen LogP contribution is -2.26. The normalized spacial score (nSPS) is 23.9. The van der Waals surface area contributed by atoms with Crippen LogP contribution in [0.1, 0.15) is 44.5 Å². The van der Waals surface area contributed by atoms with Crippen molar-refractivity contribution in [2.45, 2.75) is 45.0 Å². The molecule has 1 aromatic rings. The smallest absolute Gasteiger partial charge is 0.184 e. The first kappa shape index (κ1) is 13.4. The van der Waals surface area contributed by atoms with Gasteiger partial charge in [0.15, 0.2) is 6.29 Å². The minimum Gasteiger partial charge on any atom is -0.497 e. The van der Waals surface area contributed by atoms with E-state index in [1.807, 2.05) is 24.3 Å². The number of rotatable bonds is 5. The van der Waals surface area contributed by atoms with Crippen LogP contribution in [-0.4, -0.2) is 19.8 Å². The molecule has 0 saturated carbocycles. The Morgan fingerprint density at radius 2 is 2.06 bits per heavy atom. The highest BCUT2D eigenvalue weighted by molar-refractivity contribution is 5.27. The molecule has 0 aliphatic carbocycles. The van der Waals surface area contributed by atoms with E-state index in [-0.39, 0.29) is 6.29 Å². The molecule has 100 valence electrons. The summed E-state index contributed by atoms with van der Waals surface area (Å²) < 4.78 is 16.8. The fraction of sp³-hybridized carbons (Fsp3) is 0.600. The number of benzene rings is 1. The second-order valence-corrected chi connectivity index (χ2v) is 4.66. The maximum Gasteiger partial charge on any atom is 0.184 e. The Bertz CT molecular complexity index is 347. The molecule has 0 spiro atoms. The van der Waals surface area contributed by atoms with E-state index in [0.29, 0.717) is 6.10 Å². The predicted octanol–water partition coefficient (Wildman–Crippen LogP) is 3.69. The van der Waals surface area contributed by atoms with Crippen LogP contribution in [0.25, 0.3) is 0 Å². The van der Waals surface area contributed by atoms with Crippen LogP contribution in [0.2, 0.25) is 0 Å². The monoisotopic (exact) mass is 250 g/mol. The number of unbranched alkanes of at least 4 members (excludes halogenated alkanes) is 1. The Labute approximate surface area is 109 Å². The largest absolute Gasteiger partial charge is 0.497 e. The van der Waals surface area contributed by atoms with E-state index >= 15 is 0 Å². The molecule has 1 aliphatic rings. The summed E-state index contributed by atoms with van der Waals surface area (Å²) in [5.41, 5.74) is 1.07. The van der Waals surface area contributed by atoms with E-state index in [9.17, 15) is 0 Å². The zero-order valence-corrected chi connectivity index (χ0v) is 11.2. The molecule has 0 radical (unpaired) electrons. The average molecular weight is 250 g/mol. The van der Waals surface area contributed by atoms with Crippen molar-refractivity contribution < 1.29 is 14.2 Å². The number of hydrogen-bond acceptors (Lipinski definition) is 3. The summed E-state index contributed by atoms with van der Waals surface area (Å²) in [5, 5.41) is 0. The zero-order valence-electron chi connectivity index (χ0n) is 11.2. The van der Waals surface area contributed by atoms with Crippen LogP contribution in [0.5, 0.6) is 5.75 Å². The van der Waals surface area contributed by atoms with Crippen molar-refractivity contribution in [3.63, 3.8) is 0 Å². The summed E-state index contributed by atoms with van der Waals surface area (Å²) in [6, 6.07) is 7.90. The Morgan fingerprint density at radius 3 is 2.72 bits per heavy atom. The van der Waals surface area contributed by atoms with Crippen LogP contribution in [0.4, 0.5) is 0 Å². The molecular formula is C15H22O3. The van der Waals surface area contributed by atoms with Crippen molar-refractivity contribution in [1.82, 2.24) is 0 Å². The summed E-state index contributed by atoms with van der Waals surface area (Å²) in [6.45, 7) is 2.99. The molecule has 2 atom stereocenters. The van der Waals surface area contributed by atoms with Crippen LogP contribution in [0, 0.1) is 0 Å². The lowest BCUT2D eigenvalue weighted by atomic mass is 10.1. The van der Waals surface area contributed by atoms with Crippen LogP contribution < -0.4 is 4.74 Å². The van der Waals surface area contributed by atoms with Crippen LogP contribution in [0.3, 0.4) is 0 Å². The van der Waals surface area contributed by atoms with Gasteiger partial charge in [-0.2, -0.15) is 0 Å². The van der Waals surface area contributed by atoms with Crippen LogP contribution in [-0.2, 0) is 9.47 Å². The van der Waals surface area contributed by atoms with Crippen molar-refractivity contribution >= 4 is 0 Å². The van der Waals surface area contributed by atoms with E-state index in [0.717, 1.165) is 30.8 Å². The van der Waals surface area contributed by atoms with E-state index in [1.165, 1.54) is 12.8 Å². The molecule has 3 heteroatoms. The molecule has 3 nitrogen and oxygen atoms in total. The molecule has 2 rings (SSSR count). The molecule has 0 amide bonds. The van der Waals surface area contributed by atoms with Gasteiger partial charge in [0.25, 0.3) is 0 Å². The van der Waals surface area contributed by atoms with Gasteiger partial charge in [0.2, 0.25) is 0 Å². The topological polar surface area (TPSA) is 27.7 Å². The van der Waals surface area contributed by atoms with E-state index < -0.39 is 0 Å². The summed E-state index contributed by atoms with van der Waals surface area (Å²) in [7, 11) is 1.67. The zero-order chi connectivity index (χ0) is 12.8. The van der Waals surface area contributed by atoms with Gasteiger partial charge in [0.05, 0.1) is 19.8 Å². The van der Waals surface area contributed by atoms with Gasteiger partial charge in [-0.3, -0.25) is 0 Å². The summed E-state index contributed by atoms with van der Waals surface area (Å²) in [5.74, 6) is 0.858. The molecule has 0 N–H and O–H groups in total. The standard InChI is InChI=1S/C15H22O3/c1-3-4-5-14-10-11-17-15(18-14)12-6-8-13(16-2)9-7-12/h6-9,14-15H,3-5,10-11H2,1-2H3. The van der Waals surface area contributed by atoms with Gasteiger partial charge in [-0.05, 0) is 25.0 Å². The summed E-state index contributed by atoms with van der Waals surface area (Å²) in [6.07, 6.45) is 4.70. The molecule has 1 aliphatic heterocycles. The minimum atomic E-state index is -0.216. The second kappa shape index (κ2) is 6.76. The Kier molecular flexibility index (Phi) is 5.02. The van der Waals surface area contributed by atoms with Crippen molar-refractivity contribution in [2.24, 2.45) is 0 Å². The second-order valence-electron chi connectivity index (χ2n) is 4.66. The van der Waals surface area contributed by atoms with Gasteiger partial charge in [-0.25, -0.2) is 0 Å². The number of ether oxygens (including phenoxy) is 3. The third-order valence-electron chi connectivity index (χ3n) is 3.29. The third kappa shape index (κ3) is 3.47. The van der Waals surface area contributed by atoms with Crippen molar-refractivity contribution in [1.29, 1.82) is 0 Å². The van der Waals surface area contributed by atoms with Gasteiger partial charge >= 0.3 is 0 Å². The van der Waals surface area contributed by atoms with E-state index in [1.54, 1.807) is 7.11 Å². The quantitative estimate of drug-likeness (QED) is 0.797. The fourth-order valence-corrected chi connectivity index (χ4v) is 2.17. The highest BCUT2D eigenvalue weighted by Crippen LogP contribution is 2.29. The van der Waals surface area contributed by atoms with Gasteiger partial charge in [0, 0.05) is 5.56 Å².